The van der Waals surface area contributed by atoms with E-state index in [1.54, 1.807) is 0 Å². The number of ether oxygens (including phenoxy) is 1. The summed E-state index contributed by atoms with van der Waals surface area (Å²) in [7, 11) is 0. The molecule has 1 fully saturated rings. The van der Waals surface area contributed by atoms with Gasteiger partial charge in [-0.15, -0.1) is 0 Å². The van der Waals surface area contributed by atoms with E-state index in [0.717, 1.165) is 19.3 Å². The Morgan fingerprint density at radius 3 is 2.69 bits per heavy atom. The molecule has 0 unspecified atom stereocenters. The molecule has 1 saturated heterocycles. The fraction of sp³-hybridized carbons (Fsp3) is 0.727. The molecule has 2 rings (SSSR count). The normalized spacial score (nSPS) is 34.2. The molecule has 2 nitrogen and oxygen atoms in total. The smallest absolute Gasteiger partial charge is 0.309 e. The van der Waals surface area contributed by atoms with E-state index in [9.17, 15) is 4.79 Å². The summed E-state index contributed by atoms with van der Waals surface area (Å²) in [6.45, 7) is 4.95. The Balaban J connectivity index is 2.20. The number of carbonyl (C=O) groups is 1. The van der Waals surface area contributed by atoms with Gasteiger partial charge >= 0.3 is 5.97 Å². The Morgan fingerprint density at radius 1 is 1.23 bits per heavy atom. The van der Waals surface area contributed by atoms with E-state index in [2.05, 4.69) is 13.8 Å². The van der Waals surface area contributed by atoms with Crippen LogP contribution in [-0.4, -0.2) is 12.6 Å². The average Bonchev–Trinajstić information content (AvgIpc) is 2.09. The second-order valence-electron chi connectivity index (χ2n) is 4.29. The first-order chi connectivity index (χ1) is 6.18. The minimum absolute atomic E-state index is 0.0306. The van der Waals surface area contributed by atoms with Crippen LogP contribution in [0.15, 0.2) is 11.1 Å². The Bertz CT molecular complexity index is 265. The predicted octanol–water partition coefficient (Wildman–Crippen LogP) is 2.30. The summed E-state index contributed by atoms with van der Waals surface area (Å²) in [6.07, 6.45) is 3.09. The maximum atomic E-state index is 11.4. The summed E-state index contributed by atoms with van der Waals surface area (Å²) in [6, 6.07) is 0. The molecule has 0 saturated carbocycles. The molecule has 0 aromatic rings. The van der Waals surface area contributed by atoms with Crippen molar-refractivity contribution < 1.29 is 9.53 Å². The molecule has 1 heterocycles. The number of hydrogen-bond acceptors (Lipinski definition) is 2. The number of rotatable bonds is 0. The molecule has 0 radical (unpaired) electrons. The molecule has 2 aliphatic rings. The van der Waals surface area contributed by atoms with Crippen LogP contribution in [0, 0.1) is 11.8 Å². The predicted molar refractivity (Wildman–Crippen MR) is 50.2 cm³/mol. The number of cyclic esters (lactones) is 1. The maximum absolute atomic E-state index is 11.4. The fourth-order valence-electron chi connectivity index (χ4n) is 2.38. The van der Waals surface area contributed by atoms with E-state index in [1.807, 2.05) is 0 Å². The molecule has 2 atom stereocenters. The van der Waals surface area contributed by atoms with Gasteiger partial charge in [0.25, 0.3) is 0 Å². The lowest BCUT2D eigenvalue weighted by Crippen LogP contribution is -2.35. The van der Waals surface area contributed by atoms with Crippen molar-refractivity contribution in [1.29, 1.82) is 0 Å². The molecule has 0 spiro atoms. The molecule has 0 aromatic carbocycles. The van der Waals surface area contributed by atoms with Gasteiger partial charge in [-0.2, -0.15) is 0 Å². The maximum Gasteiger partial charge on any atom is 0.309 e. The van der Waals surface area contributed by atoms with Crippen LogP contribution in [0.1, 0.15) is 33.1 Å². The summed E-state index contributed by atoms with van der Waals surface area (Å²) >= 11 is 0. The summed E-state index contributed by atoms with van der Waals surface area (Å²) in [5.74, 6) is 0.755. The van der Waals surface area contributed by atoms with Crippen molar-refractivity contribution in [2.24, 2.45) is 11.8 Å². The number of fused-ring (bicyclic) bond motifs is 1. The first-order valence-corrected chi connectivity index (χ1v) is 5.00. The molecular formula is C11H16O2. The van der Waals surface area contributed by atoms with Crippen LogP contribution >= 0.6 is 0 Å². The third kappa shape index (κ3) is 1.50. The molecule has 72 valence electrons. The van der Waals surface area contributed by atoms with E-state index in [0.29, 0.717) is 12.5 Å². The Morgan fingerprint density at radius 2 is 1.92 bits per heavy atom. The Hall–Kier alpha value is -0.790. The third-order valence-electron chi connectivity index (χ3n) is 3.43. The average molecular weight is 180 g/mol. The summed E-state index contributed by atoms with van der Waals surface area (Å²) in [4.78, 5) is 11.4. The molecule has 0 bridgehead atoms. The highest BCUT2D eigenvalue weighted by Gasteiger charge is 2.36. The SMILES string of the molecule is CC1=C(C)C[C@H]2C(=O)OCC[C@H]2C1. The van der Waals surface area contributed by atoms with E-state index >= 15 is 0 Å². The van der Waals surface area contributed by atoms with Gasteiger partial charge < -0.3 is 4.74 Å². The van der Waals surface area contributed by atoms with Crippen LogP contribution in [0.4, 0.5) is 0 Å². The summed E-state index contributed by atoms with van der Waals surface area (Å²) in [5, 5.41) is 0. The number of allylic oxidation sites excluding steroid dienone is 2. The lowest BCUT2D eigenvalue weighted by molar-refractivity contribution is -0.156. The van der Waals surface area contributed by atoms with E-state index in [-0.39, 0.29) is 11.9 Å². The van der Waals surface area contributed by atoms with Gasteiger partial charge in [0.15, 0.2) is 0 Å². The zero-order valence-electron chi connectivity index (χ0n) is 8.30. The topological polar surface area (TPSA) is 26.3 Å². The number of carbonyl (C=O) groups excluding carboxylic acids is 1. The van der Waals surface area contributed by atoms with Crippen molar-refractivity contribution in [2.75, 3.05) is 6.61 Å². The second-order valence-corrected chi connectivity index (χ2v) is 4.29. The van der Waals surface area contributed by atoms with Gasteiger partial charge in [-0.05, 0) is 39.0 Å². The monoisotopic (exact) mass is 180 g/mol. The van der Waals surface area contributed by atoms with Gasteiger partial charge in [0, 0.05) is 0 Å². The Kier molecular flexibility index (Phi) is 2.14. The zero-order chi connectivity index (χ0) is 9.42. The lowest BCUT2D eigenvalue weighted by atomic mass is 9.74. The molecule has 0 N–H and O–H groups in total. The van der Waals surface area contributed by atoms with Crippen molar-refractivity contribution in [3.05, 3.63) is 11.1 Å². The molecule has 0 amide bonds. The zero-order valence-corrected chi connectivity index (χ0v) is 8.30. The summed E-state index contributed by atoms with van der Waals surface area (Å²) in [5.41, 5.74) is 2.87. The minimum Gasteiger partial charge on any atom is -0.465 e. The van der Waals surface area contributed by atoms with E-state index in [4.69, 9.17) is 4.74 Å². The van der Waals surface area contributed by atoms with Crippen LogP contribution < -0.4 is 0 Å². The van der Waals surface area contributed by atoms with Crippen molar-refractivity contribution in [1.82, 2.24) is 0 Å². The van der Waals surface area contributed by atoms with Gasteiger partial charge in [0.1, 0.15) is 0 Å². The lowest BCUT2D eigenvalue weighted by Gasteiger charge is -2.34. The van der Waals surface area contributed by atoms with Crippen LogP contribution in [-0.2, 0) is 9.53 Å². The molecule has 1 aliphatic heterocycles. The highest BCUT2D eigenvalue weighted by atomic mass is 16.5. The van der Waals surface area contributed by atoms with Crippen LogP contribution in [0.25, 0.3) is 0 Å². The van der Waals surface area contributed by atoms with Gasteiger partial charge in [0.05, 0.1) is 12.5 Å². The minimum atomic E-state index is 0.0306. The number of esters is 1. The van der Waals surface area contributed by atoms with Crippen LogP contribution in [0.2, 0.25) is 0 Å². The van der Waals surface area contributed by atoms with Crippen LogP contribution in [0.5, 0.6) is 0 Å². The van der Waals surface area contributed by atoms with Gasteiger partial charge in [-0.1, -0.05) is 11.1 Å². The standard InChI is InChI=1S/C11H16O2/c1-7-5-9-3-4-13-11(12)10(9)6-8(7)2/h9-10H,3-6H2,1-2H3/t9-,10+/m0/s1. The fourth-order valence-corrected chi connectivity index (χ4v) is 2.38. The van der Waals surface area contributed by atoms with Gasteiger partial charge in [-0.3, -0.25) is 4.79 Å². The Labute approximate surface area is 79.0 Å². The summed E-state index contributed by atoms with van der Waals surface area (Å²) < 4.78 is 5.07. The van der Waals surface area contributed by atoms with Crippen molar-refractivity contribution in [3.63, 3.8) is 0 Å². The number of hydrogen-bond donors (Lipinski definition) is 0. The first kappa shape index (κ1) is 8.79. The molecular weight excluding hydrogens is 164 g/mol. The first-order valence-electron chi connectivity index (χ1n) is 5.00. The van der Waals surface area contributed by atoms with Crippen molar-refractivity contribution >= 4 is 5.97 Å². The largest absolute Gasteiger partial charge is 0.465 e. The molecule has 1 aliphatic carbocycles. The highest BCUT2D eigenvalue weighted by molar-refractivity contribution is 5.74. The van der Waals surface area contributed by atoms with Gasteiger partial charge in [-0.25, -0.2) is 0 Å². The quantitative estimate of drug-likeness (QED) is 0.422. The molecule has 0 aromatic heterocycles. The second kappa shape index (κ2) is 3.17. The van der Waals surface area contributed by atoms with E-state index in [1.165, 1.54) is 11.1 Å². The molecule has 13 heavy (non-hydrogen) atoms. The molecule has 2 heteroatoms. The highest BCUT2D eigenvalue weighted by Crippen LogP contribution is 2.38. The van der Waals surface area contributed by atoms with Crippen molar-refractivity contribution in [2.45, 2.75) is 33.1 Å². The van der Waals surface area contributed by atoms with Crippen molar-refractivity contribution in [3.8, 4) is 0 Å². The van der Waals surface area contributed by atoms with Gasteiger partial charge in [0.2, 0.25) is 0 Å². The third-order valence-corrected chi connectivity index (χ3v) is 3.43. The van der Waals surface area contributed by atoms with E-state index < -0.39 is 0 Å². The van der Waals surface area contributed by atoms with Crippen LogP contribution in [0.3, 0.4) is 0 Å².